The summed E-state index contributed by atoms with van der Waals surface area (Å²) < 4.78 is 19.2. The van der Waals surface area contributed by atoms with Crippen LogP contribution in [0.5, 0.6) is 0 Å². The zero-order chi connectivity index (χ0) is 15.7. The molecule has 3 rings (SSSR count). The smallest absolute Gasteiger partial charge is 0.326 e. The maximum Gasteiger partial charge on any atom is 0.326 e. The largest absolute Gasteiger partial charge is 0.468 e. The van der Waals surface area contributed by atoms with Crippen molar-refractivity contribution in [2.45, 2.75) is 23.9 Å². The van der Waals surface area contributed by atoms with Crippen LogP contribution in [0.15, 0.2) is 53.7 Å². The quantitative estimate of drug-likeness (QED) is 0.639. The summed E-state index contributed by atoms with van der Waals surface area (Å²) >= 11 is 0. The first-order valence-electron chi connectivity index (χ1n) is 6.88. The van der Waals surface area contributed by atoms with Crippen molar-refractivity contribution in [3.05, 3.63) is 59.9 Å². The Morgan fingerprint density at radius 1 is 1.27 bits per heavy atom. The molecule has 1 aromatic carbocycles. The lowest BCUT2D eigenvalue weighted by Gasteiger charge is -2.04. The second kappa shape index (κ2) is 5.98. The van der Waals surface area contributed by atoms with Crippen molar-refractivity contribution >= 4 is 17.0 Å². The van der Waals surface area contributed by atoms with Gasteiger partial charge in [0.15, 0.2) is 0 Å². The second-order valence-corrected chi connectivity index (χ2v) is 6.51. The molecule has 2 aromatic rings. The van der Waals surface area contributed by atoms with Crippen LogP contribution in [0, 0.1) is 6.92 Å². The van der Waals surface area contributed by atoms with Gasteiger partial charge in [0, 0.05) is 12.4 Å². The average molecular weight is 316 g/mol. The topological polar surface area (TPSA) is 59.3 Å². The minimum Gasteiger partial charge on any atom is -0.468 e. The first-order valence-corrected chi connectivity index (χ1v) is 7.99. The first kappa shape index (κ1) is 14.9. The van der Waals surface area contributed by atoms with E-state index in [4.69, 9.17) is 4.74 Å². The van der Waals surface area contributed by atoms with Gasteiger partial charge in [-0.2, -0.15) is 4.31 Å². The minimum absolute atomic E-state index is 0.261. The number of aromatic nitrogens is 1. The van der Waals surface area contributed by atoms with Gasteiger partial charge in [-0.25, -0.2) is 4.21 Å². The Bertz CT molecular complexity index is 703. The van der Waals surface area contributed by atoms with E-state index in [1.54, 1.807) is 22.8 Å². The fourth-order valence-electron chi connectivity index (χ4n) is 2.43. The van der Waals surface area contributed by atoms with E-state index >= 15 is 0 Å². The first-order chi connectivity index (χ1) is 10.6. The van der Waals surface area contributed by atoms with Crippen LogP contribution in [0.2, 0.25) is 0 Å². The summed E-state index contributed by atoms with van der Waals surface area (Å²) in [6, 6.07) is 10.3. The number of carbonyl (C=O) groups is 1. The van der Waals surface area contributed by atoms with Crippen LogP contribution in [-0.2, 0) is 20.5 Å². The normalized spacial score (nSPS) is 24.5. The summed E-state index contributed by atoms with van der Waals surface area (Å²) in [4.78, 5) is 16.7. The van der Waals surface area contributed by atoms with Gasteiger partial charge in [0.1, 0.15) is 17.0 Å². The van der Waals surface area contributed by atoms with E-state index in [0.717, 1.165) is 11.1 Å². The van der Waals surface area contributed by atoms with E-state index < -0.39 is 17.0 Å². The molecule has 5 nitrogen and oxygen atoms in total. The van der Waals surface area contributed by atoms with Crippen molar-refractivity contribution in [1.29, 1.82) is 0 Å². The number of ether oxygens (including phenoxy) is 1. The highest BCUT2D eigenvalue weighted by molar-refractivity contribution is 7.83. The van der Waals surface area contributed by atoms with Crippen molar-refractivity contribution in [3.8, 4) is 0 Å². The molecule has 0 N–H and O–H groups in total. The number of benzene rings is 1. The lowest BCUT2D eigenvalue weighted by atomic mass is 10.1. The van der Waals surface area contributed by atoms with E-state index in [1.165, 1.54) is 7.11 Å². The predicted molar refractivity (Wildman–Crippen MR) is 82.2 cm³/mol. The fourth-order valence-corrected chi connectivity index (χ4v) is 3.84. The van der Waals surface area contributed by atoms with Crippen LogP contribution in [0.25, 0.3) is 0 Å². The van der Waals surface area contributed by atoms with Gasteiger partial charge < -0.3 is 4.74 Å². The number of methoxy groups -OCH3 is 1. The predicted octanol–water partition coefficient (Wildman–Crippen LogP) is 2.01. The molecule has 0 bridgehead atoms. The third-order valence-electron chi connectivity index (χ3n) is 3.64. The molecule has 1 fully saturated rings. The van der Waals surface area contributed by atoms with Gasteiger partial charge in [0.2, 0.25) is 0 Å². The molecule has 1 aliphatic heterocycles. The number of rotatable bonds is 4. The van der Waals surface area contributed by atoms with Gasteiger partial charge in [0.05, 0.1) is 18.0 Å². The molecule has 2 heterocycles. The Kier molecular flexibility index (Phi) is 4.04. The van der Waals surface area contributed by atoms with Crippen LogP contribution in [0.3, 0.4) is 0 Å². The van der Waals surface area contributed by atoms with E-state index in [2.05, 4.69) is 4.98 Å². The molecule has 0 radical (unpaired) electrons. The molecule has 4 atom stereocenters. The summed E-state index contributed by atoms with van der Waals surface area (Å²) in [6.45, 7) is 1.97. The monoisotopic (exact) mass is 316 g/mol. The summed E-state index contributed by atoms with van der Waals surface area (Å²) in [5, 5.41) is 0. The minimum atomic E-state index is -1.41. The zero-order valence-corrected chi connectivity index (χ0v) is 13.1. The van der Waals surface area contributed by atoms with Crippen LogP contribution in [0.4, 0.5) is 0 Å². The molecular weight excluding hydrogens is 300 g/mol. The maximum absolute atomic E-state index is 12.7. The highest BCUT2D eigenvalue weighted by atomic mass is 32.2. The molecule has 22 heavy (non-hydrogen) atoms. The number of hydrogen-bond acceptors (Lipinski definition) is 4. The summed E-state index contributed by atoms with van der Waals surface area (Å²) in [7, 11) is -0.0692. The highest BCUT2D eigenvalue weighted by Crippen LogP contribution is 2.46. The summed E-state index contributed by atoms with van der Waals surface area (Å²) in [5.74, 6) is -0.380. The van der Waals surface area contributed by atoms with Gasteiger partial charge in [0.25, 0.3) is 0 Å². The fraction of sp³-hybridized carbons (Fsp3) is 0.250. The molecule has 1 aromatic heterocycles. The molecule has 1 aliphatic rings. The SMILES string of the molecule is COC(=O)[C@@H]1[C@@H](c2cccnc2)N1S(=O)c1ccc(C)cc1. The van der Waals surface area contributed by atoms with E-state index in [-0.39, 0.29) is 12.0 Å². The average Bonchev–Trinajstić information content (AvgIpc) is 3.30. The number of nitrogens with zero attached hydrogens (tertiary/aromatic N) is 2. The number of pyridine rings is 1. The van der Waals surface area contributed by atoms with Crippen molar-refractivity contribution in [2.24, 2.45) is 0 Å². The standard InChI is InChI=1S/C16H16N2O3S/c1-11-5-7-13(8-6-11)22(20)18-14(15(18)16(19)21-2)12-4-3-9-17-10-12/h3-10,14-15H,1-2H3/t14-,15+,18?,22?/m1/s1. The molecule has 0 aliphatic carbocycles. The van der Waals surface area contributed by atoms with Gasteiger partial charge in [-0.05, 0) is 30.7 Å². The Hall–Kier alpha value is -2.05. The lowest BCUT2D eigenvalue weighted by Crippen LogP contribution is -2.16. The van der Waals surface area contributed by atoms with Crippen LogP contribution >= 0.6 is 0 Å². The molecule has 6 heteroatoms. The van der Waals surface area contributed by atoms with Crippen LogP contribution in [0.1, 0.15) is 17.2 Å². The molecule has 2 unspecified atom stereocenters. The Balaban J connectivity index is 1.89. The van der Waals surface area contributed by atoms with Gasteiger partial charge in [-0.15, -0.1) is 0 Å². The third kappa shape index (κ3) is 2.67. The molecule has 0 spiro atoms. The zero-order valence-electron chi connectivity index (χ0n) is 12.3. The van der Waals surface area contributed by atoms with Crippen molar-refractivity contribution in [1.82, 2.24) is 9.29 Å². The molecule has 1 saturated heterocycles. The number of aryl methyl sites for hydroxylation is 1. The summed E-state index contributed by atoms with van der Waals surface area (Å²) in [6.07, 6.45) is 3.35. The Labute approximate surface area is 131 Å². The van der Waals surface area contributed by atoms with Gasteiger partial charge >= 0.3 is 5.97 Å². The van der Waals surface area contributed by atoms with Gasteiger partial charge in [-0.1, -0.05) is 23.8 Å². The van der Waals surface area contributed by atoms with Crippen LogP contribution in [-0.4, -0.2) is 32.6 Å². The van der Waals surface area contributed by atoms with E-state index in [0.29, 0.717) is 4.90 Å². The Morgan fingerprint density at radius 2 is 2.00 bits per heavy atom. The van der Waals surface area contributed by atoms with E-state index in [1.807, 2.05) is 37.3 Å². The van der Waals surface area contributed by atoms with Crippen molar-refractivity contribution in [2.75, 3.05) is 7.11 Å². The van der Waals surface area contributed by atoms with Gasteiger partial charge in [-0.3, -0.25) is 9.78 Å². The van der Waals surface area contributed by atoms with Crippen molar-refractivity contribution in [3.63, 3.8) is 0 Å². The molecule has 114 valence electrons. The number of carbonyl (C=O) groups excluding carboxylic acids is 1. The van der Waals surface area contributed by atoms with Crippen molar-refractivity contribution < 1.29 is 13.7 Å². The number of hydrogen-bond donors (Lipinski definition) is 0. The second-order valence-electron chi connectivity index (χ2n) is 5.12. The van der Waals surface area contributed by atoms with E-state index in [9.17, 15) is 9.00 Å². The number of esters is 1. The van der Waals surface area contributed by atoms with Crippen LogP contribution < -0.4 is 0 Å². The Morgan fingerprint density at radius 3 is 2.59 bits per heavy atom. The molecular formula is C16H16N2O3S. The molecule has 0 amide bonds. The highest BCUT2D eigenvalue weighted by Gasteiger charge is 2.58. The summed E-state index contributed by atoms with van der Waals surface area (Å²) in [5.41, 5.74) is 1.96. The molecule has 0 saturated carbocycles. The maximum atomic E-state index is 12.7. The third-order valence-corrected chi connectivity index (χ3v) is 5.15. The lowest BCUT2D eigenvalue weighted by molar-refractivity contribution is -0.140.